The lowest BCUT2D eigenvalue weighted by Crippen LogP contribution is -2.38. The Balaban J connectivity index is 2.21. The summed E-state index contributed by atoms with van der Waals surface area (Å²) in [5.41, 5.74) is 2.69. The molecule has 0 spiro atoms. The van der Waals surface area contributed by atoms with E-state index in [4.69, 9.17) is 0 Å². The van der Waals surface area contributed by atoms with Crippen LogP contribution >= 0.6 is 15.9 Å². The van der Waals surface area contributed by atoms with E-state index in [1.54, 1.807) is 0 Å². The third kappa shape index (κ3) is 2.05. The molecule has 1 aromatic heterocycles. The number of halogens is 1. The second-order valence-electron chi connectivity index (χ2n) is 5.31. The van der Waals surface area contributed by atoms with Gasteiger partial charge in [0.2, 0.25) is 0 Å². The largest absolute Gasteiger partial charge is 0.292 e. The minimum Gasteiger partial charge on any atom is -0.292 e. The van der Waals surface area contributed by atoms with Crippen molar-refractivity contribution in [1.29, 1.82) is 0 Å². The van der Waals surface area contributed by atoms with Crippen LogP contribution in [0.25, 0.3) is 0 Å². The summed E-state index contributed by atoms with van der Waals surface area (Å²) in [5, 5.41) is 4.44. The van der Waals surface area contributed by atoms with Crippen LogP contribution in [0.1, 0.15) is 38.1 Å². The lowest BCUT2D eigenvalue weighted by Gasteiger charge is -2.31. The van der Waals surface area contributed by atoms with Crippen molar-refractivity contribution in [3.05, 3.63) is 15.9 Å². The van der Waals surface area contributed by atoms with Crippen molar-refractivity contribution in [2.24, 2.45) is 7.05 Å². The van der Waals surface area contributed by atoms with Gasteiger partial charge >= 0.3 is 0 Å². The van der Waals surface area contributed by atoms with Crippen LogP contribution in [0, 0.1) is 6.92 Å². The summed E-state index contributed by atoms with van der Waals surface area (Å²) in [7, 11) is 2.02. The van der Waals surface area contributed by atoms with Gasteiger partial charge in [0.25, 0.3) is 0 Å². The number of hydrogen-bond acceptors (Lipinski definition) is 2. The highest BCUT2D eigenvalue weighted by Crippen LogP contribution is 2.31. The average molecular weight is 286 g/mol. The first-order chi connectivity index (χ1) is 7.42. The quantitative estimate of drug-likeness (QED) is 0.833. The highest BCUT2D eigenvalue weighted by molar-refractivity contribution is 9.10. The minimum absolute atomic E-state index is 0.331. The van der Waals surface area contributed by atoms with E-state index in [9.17, 15) is 0 Å². The Bertz CT molecular complexity index is 395. The number of rotatable bonds is 2. The number of aryl methyl sites for hydroxylation is 2. The second-order valence-corrected chi connectivity index (χ2v) is 6.10. The molecule has 0 saturated carbocycles. The predicted molar refractivity (Wildman–Crippen MR) is 69.4 cm³/mol. The van der Waals surface area contributed by atoms with Crippen LogP contribution in [0.4, 0.5) is 0 Å². The fourth-order valence-electron chi connectivity index (χ4n) is 2.49. The zero-order valence-electron chi connectivity index (χ0n) is 10.5. The first kappa shape index (κ1) is 12.1. The van der Waals surface area contributed by atoms with Crippen LogP contribution in [0.2, 0.25) is 0 Å². The van der Waals surface area contributed by atoms with Crippen molar-refractivity contribution in [3.8, 4) is 0 Å². The van der Waals surface area contributed by atoms with Gasteiger partial charge in [-0.2, -0.15) is 5.10 Å². The minimum atomic E-state index is 0.331. The van der Waals surface area contributed by atoms with Crippen molar-refractivity contribution in [3.63, 3.8) is 0 Å². The van der Waals surface area contributed by atoms with Crippen LogP contribution < -0.4 is 0 Å². The summed E-state index contributed by atoms with van der Waals surface area (Å²) >= 11 is 3.64. The maximum absolute atomic E-state index is 4.44. The van der Waals surface area contributed by atoms with E-state index in [-0.39, 0.29) is 0 Å². The molecular formula is C12H20BrN3. The summed E-state index contributed by atoms with van der Waals surface area (Å²) in [6, 6.07) is 0. The molecule has 1 aliphatic rings. The molecule has 0 radical (unpaired) electrons. The molecule has 0 bridgehead atoms. The third-order valence-electron chi connectivity index (χ3n) is 3.67. The van der Waals surface area contributed by atoms with Crippen LogP contribution in [0.3, 0.4) is 0 Å². The Morgan fingerprint density at radius 3 is 2.56 bits per heavy atom. The number of nitrogens with zero attached hydrogens (tertiary/aromatic N) is 3. The molecule has 0 aromatic carbocycles. The highest BCUT2D eigenvalue weighted by atomic mass is 79.9. The molecular weight excluding hydrogens is 266 g/mol. The van der Waals surface area contributed by atoms with Crippen LogP contribution in [-0.2, 0) is 13.6 Å². The van der Waals surface area contributed by atoms with Gasteiger partial charge in [-0.3, -0.25) is 9.58 Å². The lowest BCUT2D eigenvalue weighted by molar-refractivity contribution is 0.162. The van der Waals surface area contributed by atoms with Gasteiger partial charge in [0.1, 0.15) is 0 Å². The molecule has 1 aromatic rings. The Morgan fingerprint density at radius 2 is 2.12 bits per heavy atom. The van der Waals surface area contributed by atoms with E-state index >= 15 is 0 Å². The molecule has 0 amide bonds. The molecule has 0 atom stereocenters. The SMILES string of the molecule is Cc1nn(C)c(CN2CCCC2(C)C)c1Br. The van der Waals surface area contributed by atoms with Gasteiger partial charge in [-0.05, 0) is 56.1 Å². The summed E-state index contributed by atoms with van der Waals surface area (Å²) in [5.74, 6) is 0. The van der Waals surface area contributed by atoms with Gasteiger partial charge in [-0.15, -0.1) is 0 Å². The standard InChI is InChI=1S/C12H20BrN3/c1-9-11(13)10(15(4)14-9)8-16-7-5-6-12(16,2)3/h5-8H2,1-4H3. The molecule has 4 heteroatoms. The van der Waals surface area contributed by atoms with Gasteiger partial charge in [0, 0.05) is 19.1 Å². The smallest absolute Gasteiger partial charge is 0.0739 e. The summed E-state index contributed by atoms with van der Waals surface area (Å²) in [6.45, 7) is 8.89. The monoisotopic (exact) mass is 285 g/mol. The maximum atomic E-state index is 4.44. The Morgan fingerprint density at radius 1 is 1.44 bits per heavy atom. The Labute approximate surface area is 106 Å². The topological polar surface area (TPSA) is 21.1 Å². The van der Waals surface area contributed by atoms with Gasteiger partial charge in [-0.1, -0.05) is 0 Å². The van der Waals surface area contributed by atoms with E-state index in [2.05, 4.69) is 39.8 Å². The molecule has 0 unspecified atom stereocenters. The van der Waals surface area contributed by atoms with E-state index in [1.165, 1.54) is 25.1 Å². The van der Waals surface area contributed by atoms with E-state index in [0.717, 1.165) is 16.7 Å². The average Bonchev–Trinajstić information content (AvgIpc) is 2.62. The molecule has 3 nitrogen and oxygen atoms in total. The van der Waals surface area contributed by atoms with Crippen molar-refractivity contribution in [1.82, 2.24) is 14.7 Å². The molecule has 0 aliphatic carbocycles. The van der Waals surface area contributed by atoms with Gasteiger partial charge in [0.05, 0.1) is 15.9 Å². The molecule has 2 rings (SSSR count). The first-order valence-electron chi connectivity index (χ1n) is 5.85. The maximum Gasteiger partial charge on any atom is 0.0739 e. The van der Waals surface area contributed by atoms with Crippen LogP contribution in [0.5, 0.6) is 0 Å². The summed E-state index contributed by atoms with van der Waals surface area (Å²) < 4.78 is 3.16. The van der Waals surface area contributed by atoms with E-state index in [0.29, 0.717) is 5.54 Å². The van der Waals surface area contributed by atoms with Crippen LogP contribution in [-0.4, -0.2) is 26.8 Å². The molecule has 2 heterocycles. The third-order valence-corrected chi connectivity index (χ3v) is 4.71. The predicted octanol–water partition coefficient (Wildman–Crippen LogP) is 2.87. The molecule has 1 fully saturated rings. The molecule has 1 saturated heterocycles. The number of hydrogen-bond donors (Lipinski definition) is 0. The van der Waals surface area contributed by atoms with Gasteiger partial charge in [-0.25, -0.2) is 0 Å². The highest BCUT2D eigenvalue weighted by Gasteiger charge is 2.32. The van der Waals surface area contributed by atoms with E-state index < -0.39 is 0 Å². The fourth-order valence-corrected chi connectivity index (χ4v) is 2.95. The van der Waals surface area contributed by atoms with Crippen molar-refractivity contribution < 1.29 is 0 Å². The summed E-state index contributed by atoms with van der Waals surface area (Å²) in [4.78, 5) is 2.55. The van der Waals surface area contributed by atoms with Crippen molar-refractivity contribution in [2.75, 3.05) is 6.54 Å². The molecule has 90 valence electrons. The van der Waals surface area contributed by atoms with Gasteiger partial charge < -0.3 is 0 Å². The number of aromatic nitrogens is 2. The second kappa shape index (κ2) is 4.15. The zero-order chi connectivity index (χ0) is 11.9. The van der Waals surface area contributed by atoms with Gasteiger partial charge in [0.15, 0.2) is 0 Å². The normalized spacial score (nSPS) is 20.6. The Kier molecular flexibility index (Phi) is 3.14. The number of likely N-dealkylation sites (tertiary alicyclic amines) is 1. The lowest BCUT2D eigenvalue weighted by atomic mass is 10.0. The van der Waals surface area contributed by atoms with Crippen LogP contribution in [0.15, 0.2) is 4.47 Å². The zero-order valence-corrected chi connectivity index (χ0v) is 12.1. The molecule has 0 N–H and O–H groups in total. The molecule has 1 aliphatic heterocycles. The van der Waals surface area contributed by atoms with Crippen molar-refractivity contribution >= 4 is 15.9 Å². The Hall–Kier alpha value is -0.350. The van der Waals surface area contributed by atoms with E-state index in [1.807, 2.05) is 18.7 Å². The summed E-state index contributed by atoms with van der Waals surface area (Å²) in [6.07, 6.45) is 2.60. The first-order valence-corrected chi connectivity index (χ1v) is 6.64. The molecule has 16 heavy (non-hydrogen) atoms. The fraction of sp³-hybridized carbons (Fsp3) is 0.750. The van der Waals surface area contributed by atoms with Crippen molar-refractivity contribution in [2.45, 2.75) is 45.7 Å².